The van der Waals surface area contributed by atoms with Gasteiger partial charge in [0.1, 0.15) is 0 Å². The molecule has 4 N–H and O–H groups in total. The predicted molar refractivity (Wildman–Crippen MR) is 61.0 cm³/mol. The van der Waals surface area contributed by atoms with Crippen LogP contribution < -0.4 is 11.5 Å². The lowest BCUT2D eigenvalue weighted by atomic mass is 10.0. The molecule has 2 heteroatoms. The van der Waals surface area contributed by atoms with Crippen LogP contribution in [0.3, 0.4) is 0 Å². The van der Waals surface area contributed by atoms with Crippen LogP contribution in [0.5, 0.6) is 0 Å². The molecule has 1 rings (SSSR count). The van der Waals surface area contributed by atoms with E-state index in [0.29, 0.717) is 0 Å². The van der Waals surface area contributed by atoms with Crippen molar-refractivity contribution in [1.29, 1.82) is 0 Å². The number of rotatable bonds is 5. The van der Waals surface area contributed by atoms with E-state index in [9.17, 15) is 0 Å². The normalized spacial score (nSPS) is 15.1. The maximum Gasteiger partial charge on any atom is 0.00798 e. The number of hydrogen-bond donors (Lipinski definition) is 2. The molecule has 0 spiro atoms. The Balaban J connectivity index is 2.30. The molecule has 0 heterocycles. The second-order valence-corrected chi connectivity index (χ2v) is 4.00. The van der Waals surface area contributed by atoms with Gasteiger partial charge in [0.25, 0.3) is 0 Å². The molecule has 0 bridgehead atoms. The van der Waals surface area contributed by atoms with Crippen molar-refractivity contribution in [1.82, 2.24) is 0 Å². The lowest BCUT2D eigenvalue weighted by Gasteiger charge is -2.12. The summed E-state index contributed by atoms with van der Waals surface area (Å²) in [5.41, 5.74) is 13.0. The highest BCUT2D eigenvalue weighted by molar-refractivity contribution is 5.15. The highest BCUT2D eigenvalue weighted by Crippen LogP contribution is 2.06. The third-order valence-corrected chi connectivity index (χ3v) is 2.33. The molecule has 2 atom stereocenters. The molecule has 0 saturated heterocycles. The lowest BCUT2D eigenvalue weighted by molar-refractivity contribution is 0.536. The lowest BCUT2D eigenvalue weighted by Crippen LogP contribution is -2.26. The van der Waals surface area contributed by atoms with Crippen LogP contribution >= 0.6 is 0 Å². The Kier molecular flexibility index (Phi) is 4.63. The van der Waals surface area contributed by atoms with Crippen LogP contribution in [0.4, 0.5) is 0 Å². The zero-order chi connectivity index (χ0) is 10.4. The van der Waals surface area contributed by atoms with Gasteiger partial charge in [-0.3, -0.25) is 0 Å². The summed E-state index contributed by atoms with van der Waals surface area (Å²) in [7, 11) is 0. The molecule has 0 aliphatic carbocycles. The number of nitrogens with two attached hydrogens (primary N) is 2. The van der Waals surface area contributed by atoms with Gasteiger partial charge < -0.3 is 11.5 Å². The standard InChI is InChI=1S/C12H20N2/c1-10(13)7-8-12(14)9-11-5-3-2-4-6-11/h2-6,10,12H,7-9,13-14H2,1H3. The summed E-state index contributed by atoms with van der Waals surface area (Å²) in [6, 6.07) is 10.9. The minimum atomic E-state index is 0.239. The van der Waals surface area contributed by atoms with Gasteiger partial charge in [-0.2, -0.15) is 0 Å². The van der Waals surface area contributed by atoms with Gasteiger partial charge in [-0.05, 0) is 31.7 Å². The minimum absolute atomic E-state index is 0.239. The molecule has 0 aromatic heterocycles. The van der Waals surface area contributed by atoms with E-state index in [1.165, 1.54) is 5.56 Å². The summed E-state index contributed by atoms with van der Waals surface area (Å²) >= 11 is 0. The molecule has 78 valence electrons. The zero-order valence-electron chi connectivity index (χ0n) is 8.82. The SMILES string of the molecule is CC(N)CCC(N)Cc1ccccc1. The Bertz CT molecular complexity index is 244. The van der Waals surface area contributed by atoms with Gasteiger partial charge in [-0.15, -0.1) is 0 Å². The van der Waals surface area contributed by atoms with E-state index in [4.69, 9.17) is 11.5 Å². The van der Waals surface area contributed by atoms with Crippen molar-refractivity contribution in [2.45, 2.75) is 38.3 Å². The highest BCUT2D eigenvalue weighted by atomic mass is 14.6. The van der Waals surface area contributed by atoms with Crippen molar-refractivity contribution in [3.63, 3.8) is 0 Å². The number of benzene rings is 1. The van der Waals surface area contributed by atoms with Crippen molar-refractivity contribution in [2.75, 3.05) is 0 Å². The highest BCUT2D eigenvalue weighted by Gasteiger charge is 2.04. The molecule has 0 aliphatic heterocycles. The fourth-order valence-corrected chi connectivity index (χ4v) is 1.50. The summed E-state index contributed by atoms with van der Waals surface area (Å²) in [6.07, 6.45) is 2.97. The summed E-state index contributed by atoms with van der Waals surface area (Å²) in [6.45, 7) is 2.02. The van der Waals surface area contributed by atoms with Crippen LogP contribution in [-0.2, 0) is 6.42 Å². The first-order valence-corrected chi connectivity index (χ1v) is 5.23. The van der Waals surface area contributed by atoms with Gasteiger partial charge in [0.2, 0.25) is 0 Å². The third-order valence-electron chi connectivity index (χ3n) is 2.33. The van der Waals surface area contributed by atoms with E-state index in [1.807, 2.05) is 25.1 Å². The van der Waals surface area contributed by atoms with Crippen molar-refractivity contribution in [3.05, 3.63) is 35.9 Å². The first-order valence-electron chi connectivity index (χ1n) is 5.23. The molecular formula is C12H20N2. The van der Waals surface area contributed by atoms with Crippen LogP contribution in [0.2, 0.25) is 0 Å². The average Bonchev–Trinajstić information content (AvgIpc) is 2.16. The average molecular weight is 192 g/mol. The van der Waals surface area contributed by atoms with E-state index < -0.39 is 0 Å². The molecule has 0 saturated carbocycles. The molecular weight excluding hydrogens is 172 g/mol. The van der Waals surface area contributed by atoms with Gasteiger partial charge in [-0.25, -0.2) is 0 Å². The maximum absolute atomic E-state index is 6.00. The Morgan fingerprint density at radius 3 is 2.29 bits per heavy atom. The third kappa shape index (κ3) is 4.40. The fraction of sp³-hybridized carbons (Fsp3) is 0.500. The summed E-state index contributed by atoms with van der Waals surface area (Å²) < 4.78 is 0. The van der Waals surface area contributed by atoms with Crippen molar-refractivity contribution >= 4 is 0 Å². The molecule has 1 aromatic rings. The van der Waals surface area contributed by atoms with Crippen molar-refractivity contribution in [3.8, 4) is 0 Å². The van der Waals surface area contributed by atoms with Crippen LogP contribution in [-0.4, -0.2) is 12.1 Å². The quantitative estimate of drug-likeness (QED) is 0.746. The minimum Gasteiger partial charge on any atom is -0.328 e. The van der Waals surface area contributed by atoms with Gasteiger partial charge in [0.05, 0.1) is 0 Å². The summed E-state index contributed by atoms with van der Waals surface area (Å²) in [4.78, 5) is 0. The maximum atomic E-state index is 6.00. The van der Waals surface area contributed by atoms with E-state index in [2.05, 4.69) is 12.1 Å². The Labute approximate surface area is 86.3 Å². The van der Waals surface area contributed by atoms with Gasteiger partial charge in [-0.1, -0.05) is 30.3 Å². The van der Waals surface area contributed by atoms with Crippen LogP contribution in [0.1, 0.15) is 25.3 Å². The smallest absolute Gasteiger partial charge is 0.00798 e. The monoisotopic (exact) mass is 192 g/mol. The van der Waals surface area contributed by atoms with Crippen LogP contribution in [0.15, 0.2) is 30.3 Å². The van der Waals surface area contributed by atoms with Crippen LogP contribution in [0, 0.1) is 0 Å². The molecule has 2 nitrogen and oxygen atoms in total. The summed E-state index contributed by atoms with van der Waals surface area (Å²) in [5.74, 6) is 0. The summed E-state index contributed by atoms with van der Waals surface area (Å²) in [5, 5.41) is 0. The van der Waals surface area contributed by atoms with E-state index in [-0.39, 0.29) is 12.1 Å². The Hall–Kier alpha value is -0.860. The Morgan fingerprint density at radius 1 is 1.07 bits per heavy atom. The van der Waals surface area contributed by atoms with E-state index >= 15 is 0 Å². The molecule has 1 aromatic carbocycles. The molecule has 0 aliphatic rings. The van der Waals surface area contributed by atoms with Crippen molar-refractivity contribution in [2.24, 2.45) is 11.5 Å². The first kappa shape index (κ1) is 11.2. The molecule has 0 amide bonds. The number of hydrogen-bond acceptors (Lipinski definition) is 2. The van der Waals surface area contributed by atoms with E-state index in [1.54, 1.807) is 0 Å². The van der Waals surface area contributed by atoms with Crippen LogP contribution in [0.25, 0.3) is 0 Å². The van der Waals surface area contributed by atoms with Gasteiger partial charge in [0.15, 0.2) is 0 Å². The van der Waals surface area contributed by atoms with Gasteiger partial charge in [0, 0.05) is 12.1 Å². The zero-order valence-corrected chi connectivity index (χ0v) is 8.82. The molecule has 14 heavy (non-hydrogen) atoms. The molecule has 0 radical (unpaired) electrons. The largest absolute Gasteiger partial charge is 0.328 e. The Morgan fingerprint density at radius 2 is 1.71 bits per heavy atom. The molecule has 0 fully saturated rings. The second kappa shape index (κ2) is 5.78. The first-order chi connectivity index (χ1) is 6.68. The van der Waals surface area contributed by atoms with Crippen molar-refractivity contribution < 1.29 is 0 Å². The molecule has 2 unspecified atom stereocenters. The van der Waals surface area contributed by atoms with Gasteiger partial charge >= 0.3 is 0 Å². The van der Waals surface area contributed by atoms with E-state index in [0.717, 1.165) is 19.3 Å². The second-order valence-electron chi connectivity index (χ2n) is 4.00. The topological polar surface area (TPSA) is 52.0 Å². The predicted octanol–water partition coefficient (Wildman–Crippen LogP) is 1.68. The fourth-order valence-electron chi connectivity index (χ4n) is 1.50.